The van der Waals surface area contributed by atoms with E-state index in [1.54, 1.807) is 0 Å². The molecule has 0 aliphatic heterocycles. The number of nitrogens with one attached hydrogen (secondary N) is 2. The van der Waals surface area contributed by atoms with E-state index in [0.29, 0.717) is 11.9 Å². The van der Waals surface area contributed by atoms with Crippen molar-refractivity contribution in [2.45, 2.75) is 76.4 Å². The monoisotopic (exact) mass is 368 g/mol. The van der Waals surface area contributed by atoms with Crippen LogP contribution in [-0.4, -0.2) is 27.5 Å². The highest BCUT2D eigenvalue weighted by atomic mass is 16.2. The zero-order valence-electron chi connectivity index (χ0n) is 15.7. The fourth-order valence-electron chi connectivity index (χ4n) is 4.42. The molecule has 2 N–H and O–H groups in total. The minimum Gasteiger partial charge on any atom is -0.367 e. The van der Waals surface area contributed by atoms with E-state index in [-0.39, 0.29) is 24.2 Å². The lowest BCUT2D eigenvalue weighted by molar-refractivity contribution is -0.122. The molecule has 6 heteroatoms. The van der Waals surface area contributed by atoms with E-state index in [0.717, 1.165) is 49.4 Å². The van der Waals surface area contributed by atoms with Crippen LogP contribution in [0.15, 0.2) is 29.1 Å². The molecule has 0 unspecified atom stereocenters. The number of para-hydroxylation sites is 1. The summed E-state index contributed by atoms with van der Waals surface area (Å²) < 4.78 is 1.49. The zero-order valence-corrected chi connectivity index (χ0v) is 15.7. The molecule has 0 atom stereocenters. The van der Waals surface area contributed by atoms with Gasteiger partial charge in [0, 0.05) is 17.5 Å². The zero-order chi connectivity index (χ0) is 18.6. The Hall–Kier alpha value is -2.37. The summed E-state index contributed by atoms with van der Waals surface area (Å²) in [6.45, 7) is 0.0204. The van der Waals surface area contributed by atoms with E-state index in [9.17, 15) is 9.59 Å². The van der Waals surface area contributed by atoms with Crippen LogP contribution in [0, 0.1) is 0 Å². The molecule has 4 rings (SSSR count). The SMILES string of the molecule is O=C(Cn1c(=O)nc(NC2CCCC2)c2ccccc21)NC1CCCCC1. The average molecular weight is 368 g/mol. The lowest BCUT2D eigenvalue weighted by Gasteiger charge is -2.23. The smallest absolute Gasteiger partial charge is 0.350 e. The van der Waals surface area contributed by atoms with E-state index >= 15 is 0 Å². The van der Waals surface area contributed by atoms with Crippen molar-refractivity contribution in [3.05, 3.63) is 34.7 Å². The van der Waals surface area contributed by atoms with E-state index < -0.39 is 0 Å². The second-order valence-electron chi connectivity index (χ2n) is 7.87. The highest BCUT2D eigenvalue weighted by Crippen LogP contribution is 2.25. The molecule has 0 radical (unpaired) electrons. The summed E-state index contributed by atoms with van der Waals surface area (Å²) in [6, 6.07) is 8.33. The van der Waals surface area contributed by atoms with Gasteiger partial charge in [-0.3, -0.25) is 9.36 Å². The molecule has 0 spiro atoms. The molecule has 144 valence electrons. The van der Waals surface area contributed by atoms with Crippen LogP contribution in [0.2, 0.25) is 0 Å². The lowest BCUT2D eigenvalue weighted by atomic mass is 9.95. The first kappa shape index (κ1) is 18.0. The Morgan fingerprint density at radius 1 is 1.00 bits per heavy atom. The van der Waals surface area contributed by atoms with E-state index in [1.165, 1.54) is 23.8 Å². The molecule has 2 aliphatic rings. The summed E-state index contributed by atoms with van der Waals surface area (Å²) in [7, 11) is 0. The quantitative estimate of drug-likeness (QED) is 0.850. The molecule has 2 fully saturated rings. The van der Waals surface area contributed by atoms with E-state index in [2.05, 4.69) is 15.6 Å². The summed E-state index contributed by atoms with van der Waals surface area (Å²) in [5.74, 6) is 0.541. The van der Waals surface area contributed by atoms with Crippen molar-refractivity contribution in [3.8, 4) is 0 Å². The van der Waals surface area contributed by atoms with Crippen molar-refractivity contribution >= 4 is 22.6 Å². The van der Waals surface area contributed by atoms with Crippen LogP contribution in [-0.2, 0) is 11.3 Å². The van der Waals surface area contributed by atoms with Crippen LogP contribution < -0.4 is 16.3 Å². The number of fused-ring (bicyclic) bond motifs is 1. The van der Waals surface area contributed by atoms with E-state index in [4.69, 9.17) is 0 Å². The van der Waals surface area contributed by atoms with Gasteiger partial charge in [0.05, 0.1) is 5.52 Å². The number of hydrogen-bond acceptors (Lipinski definition) is 4. The maximum Gasteiger partial charge on any atom is 0.350 e. The van der Waals surface area contributed by atoms with Gasteiger partial charge in [0.15, 0.2) is 0 Å². The third-order valence-electron chi connectivity index (χ3n) is 5.86. The molecular formula is C21H28N4O2. The largest absolute Gasteiger partial charge is 0.367 e. The molecule has 6 nitrogen and oxygen atoms in total. The van der Waals surface area contributed by atoms with Gasteiger partial charge in [-0.05, 0) is 37.8 Å². The van der Waals surface area contributed by atoms with Gasteiger partial charge < -0.3 is 10.6 Å². The molecule has 1 amide bonds. The predicted octanol–water partition coefficient (Wildman–Crippen LogP) is 3.20. The van der Waals surface area contributed by atoms with Crippen molar-refractivity contribution in [2.75, 3.05) is 5.32 Å². The molecule has 1 aromatic carbocycles. The number of carbonyl (C=O) groups is 1. The minimum absolute atomic E-state index is 0.0204. The number of nitrogens with zero attached hydrogens (tertiary/aromatic N) is 2. The standard InChI is InChI=1S/C21H28N4O2/c26-19(22-15-8-2-1-3-9-15)14-25-18-13-7-6-12-17(18)20(24-21(25)27)23-16-10-4-5-11-16/h6-7,12-13,15-16H,1-5,8-11,14H2,(H,22,26)(H,23,24,27). The topological polar surface area (TPSA) is 76.0 Å². The first-order valence-corrected chi connectivity index (χ1v) is 10.3. The first-order chi connectivity index (χ1) is 13.2. The molecule has 2 aliphatic carbocycles. The van der Waals surface area contributed by atoms with Crippen LogP contribution in [0.1, 0.15) is 57.8 Å². The van der Waals surface area contributed by atoms with Crippen LogP contribution in [0.5, 0.6) is 0 Å². The summed E-state index contributed by atoms with van der Waals surface area (Å²) in [6.07, 6.45) is 10.3. The molecule has 1 heterocycles. The van der Waals surface area contributed by atoms with E-state index in [1.807, 2.05) is 24.3 Å². The van der Waals surface area contributed by atoms with Crippen molar-refractivity contribution in [3.63, 3.8) is 0 Å². The van der Waals surface area contributed by atoms with Crippen molar-refractivity contribution in [2.24, 2.45) is 0 Å². The van der Waals surface area contributed by atoms with Gasteiger partial charge in [-0.2, -0.15) is 4.98 Å². The summed E-state index contributed by atoms with van der Waals surface area (Å²) in [5, 5.41) is 7.43. The van der Waals surface area contributed by atoms with Crippen LogP contribution in [0.25, 0.3) is 10.9 Å². The molecular weight excluding hydrogens is 340 g/mol. The van der Waals surface area contributed by atoms with Gasteiger partial charge >= 0.3 is 5.69 Å². The Morgan fingerprint density at radius 3 is 2.44 bits per heavy atom. The fraction of sp³-hybridized carbons (Fsp3) is 0.571. The molecule has 1 aromatic heterocycles. The molecule has 2 saturated carbocycles. The number of aromatic nitrogens is 2. The van der Waals surface area contributed by atoms with Gasteiger partial charge in [-0.25, -0.2) is 4.79 Å². The Labute approximate surface area is 159 Å². The highest BCUT2D eigenvalue weighted by Gasteiger charge is 2.20. The van der Waals surface area contributed by atoms with Crippen LogP contribution in [0.4, 0.5) is 5.82 Å². The number of benzene rings is 1. The van der Waals surface area contributed by atoms with Gasteiger partial charge in [-0.1, -0.05) is 44.2 Å². The van der Waals surface area contributed by atoms with Gasteiger partial charge in [-0.15, -0.1) is 0 Å². The summed E-state index contributed by atoms with van der Waals surface area (Å²) in [5.41, 5.74) is 0.393. The summed E-state index contributed by atoms with van der Waals surface area (Å²) >= 11 is 0. The fourth-order valence-corrected chi connectivity index (χ4v) is 4.42. The first-order valence-electron chi connectivity index (χ1n) is 10.3. The maximum absolute atomic E-state index is 12.7. The molecule has 0 saturated heterocycles. The molecule has 2 aromatic rings. The Balaban J connectivity index is 1.58. The van der Waals surface area contributed by atoms with Crippen LogP contribution in [0.3, 0.4) is 0 Å². The normalized spacial score (nSPS) is 18.7. The minimum atomic E-state index is -0.368. The Kier molecular flexibility index (Phi) is 5.41. The van der Waals surface area contributed by atoms with Gasteiger partial charge in [0.2, 0.25) is 5.91 Å². The maximum atomic E-state index is 12.7. The third-order valence-corrected chi connectivity index (χ3v) is 5.86. The number of hydrogen-bond donors (Lipinski definition) is 2. The van der Waals surface area contributed by atoms with Gasteiger partial charge in [0.25, 0.3) is 0 Å². The predicted molar refractivity (Wildman–Crippen MR) is 107 cm³/mol. The Bertz CT molecular complexity index is 864. The lowest BCUT2D eigenvalue weighted by Crippen LogP contribution is -2.40. The molecule has 27 heavy (non-hydrogen) atoms. The van der Waals surface area contributed by atoms with Crippen molar-refractivity contribution in [1.82, 2.24) is 14.9 Å². The van der Waals surface area contributed by atoms with Crippen molar-refractivity contribution in [1.29, 1.82) is 0 Å². The van der Waals surface area contributed by atoms with Crippen molar-refractivity contribution < 1.29 is 4.79 Å². The number of carbonyl (C=O) groups excluding carboxylic acids is 1. The number of anilines is 1. The highest BCUT2D eigenvalue weighted by molar-refractivity contribution is 5.90. The summed E-state index contributed by atoms with van der Waals surface area (Å²) in [4.78, 5) is 29.5. The molecule has 0 bridgehead atoms. The average Bonchev–Trinajstić information content (AvgIpc) is 3.19. The number of amides is 1. The van der Waals surface area contributed by atoms with Gasteiger partial charge in [0.1, 0.15) is 12.4 Å². The third kappa shape index (κ3) is 4.15. The number of rotatable bonds is 5. The Morgan fingerprint density at radius 2 is 1.67 bits per heavy atom. The second kappa shape index (κ2) is 8.11. The van der Waals surface area contributed by atoms with Crippen LogP contribution >= 0.6 is 0 Å². The second-order valence-corrected chi connectivity index (χ2v) is 7.87.